The number of carbonyl (C=O) groups excluding carboxylic acids is 2. The van der Waals surface area contributed by atoms with Crippen LogP contribution in [0.4, 0.5) is 18.9 Å². The van der Waals surface area contributed by atoms with Gasteiger partial charge in [-0.25, -0.2) is 0 Å². The number of hydrogen-bond acceptors (Lipinski definition) is 5. The van der Waals surface area contributed by atoms with Gasteiger partial charge in [0.15, 0.2) is 0 Å². The number of aliphatic hydroxyl groups is 1. The van der Waals surface area contributed by atoms with Crippen molar-refractivity contribution in [3.05, 3.63) is 94.1 Å². The number of ether oxygens (including phenoxy) is 2. The summed E-state index contributed by atoms with van der Waals surface area (Å²) in [6, 6.07) is 12.8. The summed E-state index contributed by atoms with van der Waals surface area (Å²) in [5, 5.41) is 11.5. The van der Waals surface area contributed by atoms with Crippen LogP contribution in [-0.2, 0) is 15.8 Å². The number of amides is 1. The van der Waals surface area contributed by atoms with Gasteiger partial charge in [-0.05, 0) is 73.0 Å². The van der Waals surface area contributed by atoms with Crippen molar-refractivity contribution in [2.75, 3.05) is 19.1 Å². The fourth-order valence-electron chi connectivity index (χ4n) is 4.58. The third-order valence-electron chi connectivity index (χ3n) is 6.20. The topological polar surface area (TPSA) is 76.1 Å². The van der Waals surface area contributed by atoms with Crippen LogP contribution >= 0.6 is 0 Å². The first kappa shape index (κ1) is 25.8. The molecular weight excluding hydrogens is 487 g/mol. The van der Waals surface area contributed by atoms with E-state index in [0.717, 1.165) is 34.7 Å². The second-order valence-corrected chi connectivity index (χ2v) is 8.65. The third kappa shape index (κ3) is 4.64. The van der Waals surface area contributed by atoms with Crippen LogP contribution in [0.15, 0.2) is 66.2 Å². The van der Waals surface area contributed by atoms with E-state index in [0.29, 0.717) is 22.6 Å². The fraction of sp³-hybridized carbons (Fsp3) is 0.214. The number of methoxy groups -OCH3 is 2. The number of halogens is 3. The van der Waals surface area contributed by atoms with E-state index in [-0.39, 0.29) is 16.8 Å². The van der Waals surface area contributed by atoms with E-state index in [1.54, 1.807) is 37.3 Å². The van der Waals surface area contributed by atoms with Crippen LogP contribution in [0.1, 0.15) is 33.9 Å². The Morgan fingerprint density at radius 1 is 0.946 bits per heavy atom. The highest BCUT2D eigenvalue weighted by Gasteiger charge is 2.47. The highest BCUT2D eigenvalue weighted by atomic mass is 19.4. The molecule has 0 saturated carbocycles. The van der Waals surface area contributed by atoms with Gasteiger partial charge in [-0.2, -0.15) is 13.2 Å². The van der Waals surface area contributed by atoms with Crippen molar-refractivity contribution in [3.8, 4) is 11.5 Å². The first-order chi connectivity index (χ1) is 17.5. The maximum Gasteiger partial charge on any atom is 0.416 e. The number of benzene rings is 3. The molecule has 0 radical (unpaired) electrons. The van der Waals surface area contributed by atoms with E-state index in [4.69, 9.17) is 9.47 Å². The molecule has 1 aliphatic heterocycles. The number of ketones is 1. The Bertz CT molecular complexity index is 1410. The molecule has 1 aliphatic rings. The Labute approximate surface area is 211 Å². The van der Waals surface area contributed by atoms with Gasteiger partial charge in [0.05, 0.1) is 37.0 Å². The molecule has 0 bridgehead atoms. The van der Waals surface area contributed by atoms with Crippen LogP contribution in [0, 0.1) is 13.8 Å². The van der Waals surface area contributed by atoms with Crippen molar-refractivity contribution in [2.24, 2.45) is 0 Å². The molecule has 3 aromatic carbocycles. The summed E-state index contributed by atoms with van der Waals surface area (Å²) < 4.78 is 50.2. The van der Waals surface area contributed by atoms with Crippen LogP contribution in [-0.4, -0.2) is 31.0 Å². The van der Waals surface area contributed by atoms with Gasteiger partial charge in [0.25, 0.3) is 11.7 Å². The lowest BCUT2D eigenvalue weighted by Gasteiger charge is -2.26. The van der Waals surface area contributed by atoms with Gasteiger partial charge >= 0.3 is 6.18 Å². The molecule has 6 nitrogen and oxygen atoms in total. The van der Waals surface area contributed by atoms with Gasteiger partial charge in [-0.15, -0.1) is 0 Å². The van der Waals surface area contributed by atoms with Crippen LogP contribution in [0.25, 0.3) is 5.76 Å². The summed E-state index contributed by atoms with van der Waals surface area (Å²) in [5.74, 6) is -1.67. The van der Waals surface area contributed by atoms with Gasteiger partial charge in [0, 0.05) is 5.69 Å². The fourth-order valence-corrected chi connectivity index (χ4v) is 4.58. The summed E-state index contributed by atoms with van der Waals surface area (Å²) >= 11 is 0. The average molecular weight is 511 g/mol. The Morgan fingerprint density at radius 3 is 2.22 bits per heavy atom. The van der Waals surface area contributed by atoms with Gasteiger partial charge in [0.1, 0.15) is 17.3 Å². The number of carbonyl (C=O) groups is 2. The minimum absolute atomic E-state index is 0.0642. The lowest BCUT2D eigenvalue weighted by atomic mass is 9.93. The zero-order valence-corrected chi connectivity index (χ0v) is 20.5. The molecule has 37 heavy (non-hydrogen) atoms. The standard InChI is InChI=1S/C28H24F3NO5/c1-15-12-16(2)26(37-4)21(13-15)24(33)22-23(17-6-5-7-20(14-17)36-3)32(27(35)25(22)34)19-10-8-18(9-11-19)28(29,30)31/h5-14,23,33H,1-4H3/b24-22+. The smallest absolute Gasteiger partial charge is 0.416 e. The van der Waals surface area contributed by atoms with Crippen molar-refractivity contribution in [2.45, 2.75) is 26.1 Å². The van der Waals surface area contributed by atoms with Gasteiger partial charge in [0.2, 0.25) is 0 Å². The van der Waals surface area contributed by atoms with Crippen molar-refractivity contribution in [3.63, 3.8) is 0 Å². The molecule has 1 amide bonds. The highest BCUT2D eigenvalue weighted by molar-refractivity contribution is 6.51. The summed E-state index contributed by atoms with van der Waals surface area (Å²) in [4.78, 5) is 27.8. The van der Waals surface area contributed by atoms with Crippen LogP contribution in [0.2, 0.25) is 0 Å². The molecule has 0 aromatic heterocycles. The Kier molecular flexibility index (Phi) is 6.73. The molecule has 0 spiro atoms. The molecule has 1 unspecified atom stereocenters. The zero-order chi connectivity index (χ0) is 27.1. The molecule has 1 N–H and O–H groups in total. The Balaban J connectivity index is 1.98. The number of Topliss-reactive ketones (excluding diaryl/α,β-unsaturated/α-hetero) is 1. The van der Waals surface area contributed by atoms with Gasteiger partial charge in [-0.1, -0.05) is 18.2 Å². The van der Waals surface area contributed by atoms with Crippen molar-refractivity contribution >= 4 is 23.1 Å². The maximum absolute atomic E-state index is 13.4. The Hall–Kier alpha value is -4.27. The molecule has 1 fully saturated rings. The summed E-state index contributed by atoms with van der Waals surface area (Å²) in [6.45, 7) is 3.59. The highest BCUT2D eigenvalue weighted by Crippen LogP contribution is 2.45. The van der Waals surface area contributed by atoms with E-state index >= 15 is 0 Å². The average Bonchev–Trinajstić information content (AvgIpc) is 3.13. The molecule has 9 heteroatoms. The molecule has 1 saturated heterocycles. The van der Waals surface area contributed by atoms with Crippen LogP contribution in [0.3, 0.4) is 0 Å². The van der Waals surface area contributed by atoms with E-state index in [1.807, 2.05) is 13.0 Å². The molecule has 192 valence electrons. The molecule has 4 rings (SSSR count). The molecular formula is C28H24F3NO5. The van der Waals surface area contributed by atoms with Gasteiger partial charge < -0.3 is 14.6 Å². The van der Waals surface area contributed by atoms with E-state index in [1.165, 1.54) is 14.2 Å². The van der Waals surface area contributed by atoms with E-state index in [9.17, 15) is 27.9 Å². The van der Waals surface area contributed by atoms with Crippen LogP contribution in [0.5, 0.6) is 11.5 Å². The van der Waals surface area contributed by atoms with E-state index < -0.39 is 35.2 Å². The number of anilines is 1. The predicted molar refractivity (Wildman–Crippen MR) is 132 cm³/mol. The van der Waals surface area contributed by atoms with Crippen molar-refractivity contribution < 1.29 is 37.3 Å². The quantitative estimate of drug-likeness (QED) is 0.260. The second kappa shape index (κ2) is 9.65. The zero-order valence-electron chi connectivity index (χ0n) is 20.5. The lowest BCUT2D eigenvalue weighted by Crippen LogP contribution is -2.29. The number of rotatable bonds is 5. The number of nitrogens with zero attached hydrogens (tertiary/aromatic N) is 1. The van der Waals surface area contributed by atoms with Crippen molar-refractivity contribution in [1.82, 2.24) is 0 Å². The predicted octanol–water partition coefficient (Wildman–Crippen LogP) is 5.97. The van der Waals surface area contributed by atoms with Crippen molar-refractivity contribution in [1.29, 1.82) is 0 Å². The largest absolute Gasteiger partial charge is 0.507 e. The number of aliphatic hydroxyl groups excluding tert-OH is 1. The third-order valence-corrected chi connectivity index (χ3v) is 6.20. The monoisotopic (exact) mass is 511 g/mol. The van der Waals surface area contributed by atoms with E-state index in [2.05, 4.69) is 0 Å². The summed E-state index contributed by atoms with van der Waals surface area (Å²) in [7, 11) is 2.88. The first-order valence-electron chi connectivity index (χ1n) is 11.3. The summed E-state index contributed by atoms with van der Waals surface area (Å²) in [6.07, 6.45) is -4.57. The normalized spacial score (nSPS) is 17.3. The van der Waals surface area contributed by atoms with Crippen LogP contribution < -0.4 is 14.4 Å². The first-order valence-corrected chi connectivity index (χ1v) is 11.3. The Morgan fingerprint density at radius 2 is 1.62 bits per heavy atom. The molecule has 1 heterocycles. The second-order valence-electron chi connectivity index (χ2n) is 8.65. The molecule has 1 atom stereocenters. The number of aryl methyl sites for hydroxylation is 2. The molecule has 0 aliphatic carbocycles. The minimum atomic E-state index is -4.57. The number of hydrogen-bond donors (Lipinski definition) is 1. The lowest BCUT2D eigenvalue weighted by molar-refractivity contribution is -0.137. The maximum atomic E-state index is 13.4. The summed E-state index contributed by atoms with van der Waals surface area (Å²) in [5.41, 5.74) is 1.08. The van der Waals surface area contributed by atoms with Gasteiger partial charge in [-0.3, -0.25) is 14.5 Å². The minimum Gasteiger partial charge on any atom is -0.507 e. The SMILES string of the molecule is COc1cccc(C2/C(=C(\O)c3cc(C)cc(C)c3OC)C(=O)C(=O)N2c2ccc(C(F)(F)F)cc2)c1. The number of alkyl halides is 3. The molecule has 3 aromatic rings.